The zero-order valence-electron chi connectivity index (χ0n) is 10.0. The molecule has 0 saturated carbocycles. The maximum absolute atomic E-state index is 5.69. The Morgan fingerprint density at radius 2 is 2.20 bits per heavy atom. The second-order valence-electron chi connectivity index (χ2n) is 5.06. The highest BCUT2D eigenvalue weighted by Crippen LogP contribution is 2.18. The fourth-order valence-corrected chi connectivity index (χ4v) is 2.80. The van der Waals surface area contributed by atoms with Crippen molar-refractivity contribution in [3.05, 3.63) is 0 Å². The van der Waals surface area contributed by atoms with Crippen molar-refractivity contribution in [2.24, 2.45) is 0 Å². The van der Waals surface area contributed by atoms with Crippen molar-refractivity contribution >= 4 is 0 Å². The van der Waals surface area contributed by atoms with Crippen molar-refractivity contribution in [2.75, 3.05) is 26.2 Å². The monoisotopic (exact) mass is 212 g/mol. The molecule has 0 radical (unpaired) electrons. The van der Waals surface area contributed by atoms with Gasteiger partial charge in [0.05, 0.1) is 6.10 Å². The maximum Gasteiger partial charge on any atom is 0.0674 e. The second kappa shape index (κ2) is 5.28. The van der Waals surface area contributed by atoms with Gasteiger partial charge in [-0.3, -0.25) is 4.90 Å². The van der Waals surface area contributed by atoms with Crippen LogP contribution in [0.2, 0.25) is 0 Å². The van der Waals surface area contributed by atoms with Gasteiger partial charge in [-0.05, 0) is 39.7 Å². The van der Waals surface area contributed by atoms with Crippen LogP contribution < -0.4 is 5.32 Å². The summed E-state index contributed by atoms with van der Waals surface area (Å²) in [5, 5.41) is 3.52. The van der Waals surface area contributed by atoms with Gasteiger partial charge in [0.25, 0.3) is 0 Å². The molecule has 0 bridgehead atoms. The number of nitrogens with zero attached hydrogens (tertiary/aromatic N) is 1. The van der Waals surface area contributed by atoms with Crippen molar-refractivity contribution in [2.45, 2.75) is 51.3 Å². The first-order valence-electron chi connectivity index (χ1n) is 6.34. The van der Waals surface area contributed by atoms with E-state index < -0.39 is 0 Å². The molecule has 2 saturated heterocycles. The van der Waals surface area contributed by atoms with E-state index in [1.807, 2.05) is 0 Å². The summed E-state index contributed by atoms with van der Waals surface area (Å²) in [4.78, 5) is 2.65. The van der Waals surface area contributed by atoms with Gasteiger partial charge in [-0.25, -0.2) is 0 Å². The van der Waals surface area contributed by atoms with E-state index in [1.165, 1.54) is 32.4 Å². The Hall–Kier alpha value is -0.120. The third-order valence-corrected chi connectivity index (χ3v) is 3.60. The van der Waals surface area contributed by atoms with Crippen molar-refractivity contribution < 1.29 is 4.74 Å². The molecule has 2 rings (SSSR count). The lowest BCUT2D eigenvalue weighted by molar-refractivity contribution is 0.0552. The van der Waals surface area contributed by atoms with E-state index in [1.54, 1.807) is 0 Å². The zero-order chi connectivity index (χ0) is 10.7. The van der Waals surface area contributed by atoms with E-state index in [9.17, 15) is 0 Å². The number of hydrogen-bond acceptors (Lipinski definition) is 3. The number of hydrogen-bond donors (Lipinski definition) is 1. The maximum atomic E-state index is 5.69. The molecule has 3 unspecified atom stereocenters. The first-order valence-corrected chi connectivity index (χ1v) is 6.34. The summed E-state index contributed by atoms with van der Waals surface area (Å²) in [5.41, 5.74) is 0. The molecule has 2 fully saturated rings. The zero-order valence-corrected chi connectivity index (χ0v) is 10.0. The molecule has 1 N–H and O–H groups in total. The summed E-state index contributed by atoms with van der Waals surface area (Å²) in [6, 6.07) is 1.47. The van der Waals surface area contributed by atoms with Gasteiger partial charge in [-0.15, -0.1) is 0 Å². The quantitative estimate of drug-likeness (QED) is 0.708. The lowest BCUT2D eigenvalue weighted by Gasteiger charge is -2.37. The molecule has 0 aromatic heterocycles. The molecule has 2 aliphatic heterocycles. The summed E-state index contributed by atoms with van der Waals surface area (Å²) in [6.07, 6.45) is 4.21. The lowest BCUT2D eigenvalue weighted by atomic mass is 9.98. The Bertz CT molecular complexity index is 198. The topological polar surface area (TPSA) is 24.5 Å². The largest absolute Gasteiger partial charge is 0.377 e. The Labute approximate surface area is 93.2 Å². The van der Waals surface area contributed by atoms with Crippen LogP contribution in [0.5, 0.6) is 0 Å². The molecule has 0 spiro atoms. The third kappa shape index (κ3) is 3.16. The average Bonchev–Trinajstić information content (AvgIpc) is 2.43. The van der Waals surface area contributed by atoms with Crippen LogP contribution in [-0.4, -0.2) is 49.3 Å². The number of rotatable bonds is 1. The average molecular weight is 212 g/mol. The van der Waals surface area contributed by atoms with Crippen LogP contribution in [0.4, 0.5) is 0 Å². The predicted molar refractivity (Wildman–Crippen MR) is 62.1 cm³/mol. The highest BCUT2D eigenvalue weighted by Gasteiger charge is 2.26. The SMILES string of the molecule is CC1CC(N2CCCOC(C)C2)CCN1. The van der Waals surface area contributed by atoms with E-state index in [-0.39, 0.29) is 0 Å². The van der Waals surface area contributed by atoms with Crippen LogP contribution in [0, 0.1) is 0 Å². The normalized spacial score (nSPS) is 40.0. The van der Waals surface area contributed by atoms with E-state index in [0.29, 0.717) is 12.1 Å². The molecule has 0 aromatic carbocycles. The standard InChI is InChI=1S/C12H24N2O/c1-10-8-12(4-5-13-10)14-6-3-7-15-11(2)9-14/h10-13H,3-9H2,1-2H3. The molecule has 2 aliphatic rings. The van der Waals surface area contributed by atoms with Crippen LogP contribution >= 0.6 is 0 Å². The van der Waals surface area contributed by atoms with Gasteiger partial charge >= 0.3 is 0 Å². The van der Waals surface area contributed by atoms with Crippen LogP contribution in [0.15, 0.2) is 0 Å². The van der Waals surface area contributed by atoms with Crippen LogP contribution in [0.1, 0.15) is 33.1 Å². The summed E-state index contributed by atoms with van der Waals surface area (Å²) < 4.78 is 5.69. The summed E-state index contributed by atoms with van der Waals surface area (Å²) in [7, 11) is 0. The first-order chi connectivity index (χ1) is 7.25. The third-order valence-electron chi connectivity index (χ3n) is 3.60. The van der Waals surface area contributed by atoms with Crippen molar-refractivity contribution in [3.8, 4) is 0 Å². The second-order valence-corrected chi connectivity index (χ2v) is 5.06. The van der Waals surface area contributed by atoms with Crippen molar-refractivity contribution in [1.29, 1.82) is 0 Å². The van der Waals surface area contributed by atoms with Gasteiger partial charge in [-0.1, -0.05) is 0 Å². The number of ether oxygens (including phenoxy) is 1. The summed E-state index contributed by atoms with van der Waals surface area (Å²) in [5.74, 6) is 0. The molecule has 0 aliphatic carbocycles. The molecule has 2 heterocycles. The van der Waals surface area contributed by atoms with Crippen LogP contribution in [0.25, 0.3) is 0 Å². The molecule has 0 amide bonds. The minimum absolute atomic E-state index is 0.415. The molecule has 3 nitrogen and oxygen atoms in total. The molecule has 15 heavy (non-hydrogen) atoms. The minimum atomic E-state index is 0.415. The Balaban J connectivity index is 1.89. The number of nitrogens with one attached hydrogen (secondary N) is 1. The van der Waals surface area contributed by atoms with Crippen molar-refractivity contribution in [1.82, 2.24) is 10.2 Å². The Kier molecular flexibility index (Phi) is 4.00. The predicted octanol–water partition coefficient (Wildman–Crippen LogP) is 1.24. The highest BCUT2D eigenvalue weighted by molar-refractivity contribution is 4.83. The minimum Gasteiger partial charge on any atom is -0.377 e. The van der Waals surface area contributed by atoms with E-state index in [0.717, 1.165) is 19.2 Å². The first kappa shape index (κ1) is 11.4. The molecule has 0 aromatic rings. The van der Waals surface area contributed by atoms with Gasteiger partial charge in [0.1, 0.15) is 0 Å². The van der Waals surface area contributed by atoms with Gasteiger partial charge in [0, 0.05) is 31.8 Å². The molecule has 88 valence electrons. The molecular weight excluding hydrogens is 188 g/mol. The molecule has 3 heteroatoms. The smallest absolute Gasteiger partial charge is 0.0674 e. The van der Waals surface area contributed by atoms with Gasteiger partial charge in [0.15, 0.2) is 0 Å². The fraction of sp³-hybridized carbons (Fsp3) is 1.00. The van der Waals surface area contributed by atoms with Gasteiger partial charge < -0.3 is 10.1 Å². The van der Waals surface area contributed by atoms with E-state index in [4.69, 9.17) is 4.74 Å². The Morgan fingerprint density at radius 1 is 1.33 bits per heavy atom. The summed E-state index contributed by atoms with van der Waals surface area (Å²) in [6.45, 7) is 8.96. The van der Waals surface area contributed by atoms with Gasteiger partial charge in [0.2, 0.25) is 0 Å². The van der Waals surface area contributed by atoms with E-state index in [2.05, 4.69) is 24.1 Å². The fourth-order valence-electron chi connectivity index (χ4n) is 2.80. The van der Waals surface area contributed by atoms with E-state index >= 15 is 0 Å². The van der Waals surface area contributed by atoms with Crippen LogP contribution in [0.3, 0.4) is 0 Å². The molecule has 3 atom stereocenters. The van der Waals surface area contributed by atoms with Crippen molar-refractivity contribution in [3.63, 3.8) is 0 Å². The molecular formula is C12H24N2O. The number of piperidine rings is 1. The lowest BCUT2D eigenvalue weighted by Crippen LogP contribution is -2.48. The van der Waals surface area contributed by atoms with Crippen LogP contribution in [-0.2, 0) is 4.74 Å². The Morgan fingerprint density at radius 3 is 3.00 bits per heavy atom. The highest BCUT2D eigenvalue weighted by atomic mass is 16.5. The summed E-state index contributed by atoms with van der Waals surface area (Å²) >= 11 is 0. The van der Waals surface area contributed by atoms with Gasteiger partial charge in [-0.2, -0.15) is 0 Å².